The van der Waals surface area contributed by atoms with Gasteiger partial charge >= 0.3 is 5.97 Å². The van der Waals surface area contributed by atoms with Gasteiger partial charge in [0, 0.05) is 18.4 Å². The van der Waals surface area contributed by atoms with Gasteiger partial charge in [-0.3, -0.25) is 9.78 Å². The maximum absolute atomic E-state index is 10.6. The molecule has 0 fully saturated rings. The summed E-state index contributed by atoms with van der Waals surface area (Å²) in [5.74, 6) is -0.862. The second-order valence-corrected chi connectivity index (χ2v) is 4.50. The first kappa shape index (κ1) is 13.2. The molecule has 2 aromatic rings. The van der Waals surface area contributed by atoms with Crippen LogP contribution >= 0.6 is 0 Å². The summed E-state index contributed by atoms with van der Waals surface area (Å²) in [6, 6.07) is 11.5. The number of benzene rings is 1. The zero-order valence-corrected chi connectivity index (χ0v) is 10.5. The van der Waals surface area contributed by atoms with Gasteiger partial charge in [0.05, 0.1) is 6.42 Å². The van der Waals surface area contributed by atoms with Crippen LogP contribution in [0.15, 0.2) is 48.8 Å². The van der Waals surface area contributed by atoms with Crippen LogP contribution in [0.1, 0.15) is 12.0 Å². The van der Waals surface area contributed by atoms with Gasteiger partial charge in [-0.15, -0.1) is 0 Å². The molecule has 0 spiro atoms. The van der Waals surface area contributed by atoms with Gasteiger partial charge in [-0.2, -0.15) is 0 Å². The molecule has 19 heavy (non-hydrogen) atoms. The Bertz CT molecular complexity index is 538. The lowest BCUT2D eigenvalue weighted by Crippen LogP contribution is -2.26. The molecule has 1 aromatic heterocycles. The second-order valence-electron chi connectivity index (χ2n) is 4.50. The Morgan fingerprint density at radius 1 is 1.21 bits per heavy atom. The summed E-state index contributed by atoms with van der Waals surface area (Å²) < 4.78 is 0. The van der Waals surface area contributed by atoms with Crippen molar-refractivity contribution in [2.75, 3.05) is 0 Å². The van der Waals surface area contributed by atoms with Crippen molar-refractivity contribution in [2.24, 2.45) is 5.73 Å². The van der Waals surface area contributed by atoms with Crippen LogP contribution in [0.5, 0.6) is 0 Å². The Kier molecular flexibility index (Phi) is 4.26. The molecule has 0 aliphatic heterocycles. The maximum Gasteiger partial charge on any atom is 0.304 e. The van der Waals surface area contributed by atoms with Gasteiger partial charge in [-0.05, 0) is 29.2 Å². The Hall–Kier alpha value is -2.20. The van der Waals surface area contributed by atoms with E-state index in [1.165, 1.54) is 0 Å². The number of carboxylic acids is 1. The minimum atomic E-state index is -0.862. The van der Waals surface area contributed by atoms with Crippen LogP contribution in [-0.2, 0) is 11.2 Å². The predicted molar refractivity (Wildman–Crippen MR) is 73.6 cm³/mol. The van der Waals surface area contributed by atoms with E-state index in [1.807, 2.05) is 42.6 Å². The van der Waals surface area contributed by atoms with Gasteiger partial charge in [-0.25, -0.2) is 0 Å². The number of pyridine rings is 1. The number of carboxylic acid groups (broad SMARTS) is 1. The quantitative estimate of drug-likeness (QED) is 0.858. The van der Waals surface area contributed by atoms with Crippen molar-refractivity contribution in [3.05, 3.63) is 54.4 Å². The molecule has 3 N–H and O–H groups in total. The summed E-state index contributed by atoms with van der Waals surface area (Å²) in [4.78, 5) is 14.6. The second kappa shape index (κ2) is 6.11. The van der Waals surface area contributed by atoms with Crippen LogP contribution in [0, 0.1) is 0 Å². The Balaban J connectivity index is 2.05. The van der Waals surface area contributed by atoms with Gasteiger partial charge in [0.25, 0.3) is 0 Å². The highest BCUT2D eigenvalue weighted by Gasteiger charge is 2.08. The van der Waals surface area contributed by atoms with Crippen LogP contribution in [0.3, 0.4) is 0 Å². The molecule has 4 heteroatoms. The average Bonchev–Trinajstić information content (AvgIpc) is 2.39. The first-order valence-electron chi connectivity index (χ1n) is 6.12. The van der Waals surface area contributed by atoms with E-state index in [0.717, 1.165) is 16.7 Å². The molecule has 0 aliphatic carbocycles. The van der Waals surface area contributed by atoms with Crippen molar-refractivity contribution in [3.63, 3.8) is 0 Å². The van der Waals surface area contributed by atoms with Crippen LogP contribution < -0.4 is 5.73 Å². The summed E-state index contributed by atoms with van der Waals surface area (Å²) in [7, 11) is 0. The normalized spacial score (nSPS) is 12.1. The van der Waals surface area contributed by atoms with Gasteiger partial charge in [0.15, 0.2) is 0 Å². The topological polar surface area (TPSA) is 76.2 Å². The van der Waals surface area contributed by atoms with E-state index in [1.54, 1.807) is 6.20 Å². The standard InChI is InChI=1S/C15H16N2O2/c16-14(9-15(18)19)8-11-3-5-12(6-4-11)13-2-1-7-17-10-13/h1-7,10,14H,8-9,16H2,(H,18,19)/t14-/m1/s1. The fourth-order valence-electron chi connectivity index (χ4n) is 1.97. The zero-order chi connectivity index (χ0) is 13.7. The number of carbonyl (C=O) groups is 1. The number of nitrogens with zero attached hydrogens (tertiary/aromatic N) is 1. The Labute approximate surface area is 111 Å². The van der Waals surface area contributed by atoms with Crippen LogP contribution in [0.25, 0.3) is 11.1 Å². The molecule has 98 valence electrons. The lowest BCUT2D eigenvalue weighted by Gasteiger charge is -2.09. The van der Waals surface area contributed by atoms with E-state index < -0.39 is 5.97 Å². The minimum Gasteiger partial charge on any atom is -0.481 e. The smallest absolute Gasteiger partial charge is 0.304 e. The van der Waals surface area contributed by atoms with Crippen molar-refractivity contribution in [3.8, 4) is 11.1 Å². The molecule has 0 aliphatic rings. The van der Waals surface area contributed by atoms with Crippen molar-refractivity contribution in [1.82, 2.24) is 4.98 Å². The van der Waals surface area contributed by atoms with Gasteiger partial charge in [0.1, 0.15) is 0 Å². The van der Waals surface area contributed by atoms with Gasteiger partial charge in [-0.1, -0.05) is 30.3 Å². The lowest BCUT2D eigenvalue weighted by molar-refractivity contribution is -0.137. The molecule has 4 nitrogen and oxygen atoms in total. The van der Waals surface area contributed by atoms with E-state index in [0.29, 0.717) is 6.42 Å². The number of nitrogens with two attached hydrogens (primary N) is 1. The van der Waals surface area contributed by atoms with Crippen LogP contribution in [-0.4, -0.2) is 22.1 Å². The lowest BCUT2D eigenvalue weighted by atomic mass is 10.0. The molecule has 0 radical (unpaired) electrons. The first-order chi connectivity index (χ1) is 9.15. The fourth-order valence-corrected chi connectivity index (χ4v) is 1.97. The monoisotopic (exact) mass is 256 g/mol. The third-order valence-corrected chi connectivity index (χ3v) is 2.88. The SMILES string of the molecule is N[C@@H](CC(=O)O)Cc1ccc(-c2cccnc2)cc1. The third kappa shape index (κ3) is 3.89. The van der Waals surface area contributed by atoms with Crippen molar-refractivity contribution in [1.29, 1.82) is 0 Å². The van der Waals surface area contributed by atoms with Crippen molar-refractivity contribution < 1.29 is 9.90 Å². The van der Waals surface area contributed by atoms with Crippen molar-refractivity contribution >= 4 is 5.97 Å². The fraction of sp³-hybridized carbons (Fsp3) is 0.200. The highest BCUT2D eigenvalue weighted by atomic mass is 16.4. The Morgan fingerprint density at radius 3 is 2.53 bits per heavy atom. The van der Waals surface area contributed by atoms with E-state index in [9.17, 15) is 4.79 Å². The molecule has 1 aromatic carbocycles. The molecule has 0 unspecified atom stereocenters. The maximum atomic E-state index is 10.6. The summed E-state index contributed by atoms with van der Waals surface area (Å²) in [5, 5.41) is 8.67. The van der Waals surface area contributed by atoms with Crippen LogP contribution in [0.2, 0.25) is 0 Å². The summed E-state index contributed by atoms with van der Waals surface area (Å²) in [6.45, 7) is 0. The molecular weight excluding hydrogens is 240 g/mol. The van der Waals surface area contributed by atoms with E-state index in [4.69, 9.17) is 10.8 Å². The molecule has 2 rings (SSSR count). The molecule has 1 heterocycles. The van der Waals surface area contributed by atoms with Crippen molar-refractivity contribution in [2.45, 2.75) is 18.9 Å². The zero-order valence-electron chi connectivity index (χ0n) is 10.5. The summed E-state index contributed by atoms with van der Waals surface area (Å²) in [6.07, 6.45) is 4.11. The molecule has 0 bridgehead atoms. The van der Waals surface area contributed by atoms with Gasteiger partial charge in [0.2, 0.25) is 0 Å². The Morgan fingerprint density at radius 2 is 1.95 bits per heavy atom. The summed E-state index contributed by atoms with van der Waals surface area (Å²) >= 11 is 0. The van der Waals surface area contributed by atoms with E-state index in [-0.39, 0.29) is 12.5 Å². The molecule has 1 atom stereocenters. The highest BCUT2D eigenvalue weighted by molar-refractivity contribution is 5.67. The number of aliphatic carboxylic acids is 1. The minimum absolute atomic E-state index is 0.00957. The van der Waals surface area contributed by atoms with E-state index >= 15 is 0 Å². The molecule has 0 amide bonds. The third-order valence-electron chi connectivity index (χ3n) is 2.88. The summed E-state index contributed by atoms with van der Waals surface area (Å²) in [5.41, 5.74) is 8.95. The molecule has 0 saturated heterocycles. The average molecular weight is 256 g/mol. The van der Waals surface area contributed by atoms with E-state index in [2.05, 4.69) is 4.98 Å². The predicted octanol–water partition coefficient (Wildman–Crippen LogP) is 2.09. The highest BCUT2D eigenvalue weighted by Crippen LogP contribution is 2.18. The number of hydrogen-bond donors (Lipinski definition) is 2. The first-order valence-corrected chi connectivity index (χ1v) is 6.12. The number of aromatic nitrogens is 1. The number of rotatable bonds is 5. The van der Waals surface area contributed by atoms with Crippen LogP contribution in [0.4, 0.5) is 0 Å². The van der Waals surface area contributed by atoms with Gasteiger partial charge < -0.3 is 10.8 Å². The molecular formula is C15H16N2O2. The molecule has 0 saturated carbocycles. The number of hydrogen-bond acceptors (Lipinski definition) is 3. The largest absolute Gasteiger partial charge is 0.481 e.